The van der Waals surface area contributed by atoms with Crippen molar-refractivity contribution in [1.82, 2.24) is 0 Å². The van der Waals surface area contributed by atoms with E-state index in [9.17, 15) is 14.4 Å². The zero-order valence-electron chi connectivity index (χ0n) is 15.9. The van der Waals surface area contributed by atoms with E-state index in [2.05, 4.69) is 17.2 Å². The first-order valence-electron chi connectivity index (χ1n) is 9.29. The number of aliphatic imine (C=N–C) groups is 1. The van der Waals surface area contributed by atoms with E-state index in [1.54, 1.807) is 36.4 Å². The van der Waals surface area contributed by atoms with Gasteiger partial charge < -0.3 is 10.1 Å². The number of hydrogen-bond donors (Lipinski definition) is 1. The summed E-state index contributed by atoms with van der Waals surface area (Å²) in [5, 5.41) is 2.80. The maximum absolute atomic E-state index is 12.6. The molecule has 0 bridgehead atoms. The van der Waals surface area contributed by atoms with E-state index in [1.807, 2.05) is 6.07 Å². The monoisotopic (exact) mass is 378 g/mol. The number of nitrogens with one attached hydrogen (secondary N) is 1. The Bertz CT molecular complexity index is 949. The summed E-state index contributed by atoms with van der Waals surface area (Å²) < 4.78 is 5.45. The molecule has 1 N–H and O–H groups in total. The van der Waals surface area contributed by atoms with E-state index in [0.717, 1.165) is 24.8 Å². The van der Waals surface area contributed by atoms with Crippen molar-refractivity contribution < 1.29 is 19.1 Å². The van der Waals surface area contributed by atoms with E-state index < -0.39 is 0 Å². The molecular weight excluding hydrogens is 356 g/mol. The van der Waals surface area contributed by atoms with Crippen LogP contribution in [0.3, 0.4) is 0 Å². The number of unbranched alkanes of at least 4 members (excludes halogenated alkanes) is 1. The molecule has 2 aromatic carbocycles. The summed E-state index contributed by atoms with van der Waals surface area (Å²) in [5.41, 5.74) is 2.98. The highest BCUT2D eigenvalue weighted by Crippen LogP contribution is 2.35. The number of hydrogen-bond acceptors (Lipinski definition) is 4. The smallest absolute Gasteiger partial charge is 0.339 e. The third-order valence-corrected chi connectivity index (χ3v) is 4.49. The Balaban J connectivity index is 1.75. The van der Waals surface area contributed by atoms with Gasteiger partial charge >= 0.3 is 5.97 Å². The van der Waals surface area contributed by atoms with Crippen molar-refractivity contribution in [2.75, 3.05) is 5.32 Å². The predicted octanol–water partition coefficient (Wildman–Crippen LogP) is 4.31. The van der Waals surface area contributed by atoms with Crippen LogP contribution < -0.4 is 5.32 Å². The third kappa shape index (κ3) is 4.52. The molecule has 6 heteroatoms. The number of cyclic esters (lactones) is 1. The molecule has 2 amide bonds. The first-order chi connectivity index (χ1) is 13.5. The minimum Gasteiger partial charge on any atom is -0.454 e. The van der Waals surface area contributed by atoms with Crippen LogP contribution in [-0.2, 0) is 9.53 Å². The predicted molar refractivity (Wildman–Crippen MR) is 107 cm³/mol. The van der Waals surface area contributed by atoms with Gasteiger partial charge in [0.15, 0.2) is 0 Å². The fourth-order valence-corrected chi connectivity index (χ4v) is 3.08. The molecule has 1 aliphatic rings. The van der Waals surface area contributed by atoms with Crippen molar-refractivity contribution in [2.45, 2.75) is 39.2 Å². The summed E-state index contributed by atoms with van der Waals surface area (Å²) in [7, 11) is 0. The molecule has 3 rings (SSSR count). The zero-order chi connectivity index (χ0) is 20.1. The fourth-order valence-electron chi connectivity index (χ4n) is 3.08. The van der Waals surface area contributed by atoms with Crippen molar-refractivity contribution in [1.29, 1.82) is 0 Å². The fraction of sp³-hybridized carbons (Fsp3) is 0.273. The summed E-state index contributed by atoms with van der Waals surface area (Å²) in [6.45, 7) is 3.45. The van der Waals surface area contributed by atoms with E-state index in [1.165, 1.54) is 13.1 Å². The van der Waals surface area contributed by atoms with Gasteiger partial charge in [0.2, 0.25) is 5.91 Å². The molecule has 0 radical (unpaired) electrons. The van der Waals surface area contributed by atoms with E-state index in [4.69, 9.17) is 4.74 Å². The molecule has 28 heavy (non-hydrogen) atoms. The summed E-state index contributed by atoms with van der Waals surface area (Å²) >= 11 is 0. The second-order valence-corrected chi connectivity index (χ2v) is 6.70. The van der Waals surface area contributed by atoms with Gasteiger partial charge in [-0.25, -0.2) is 9.79 Å². The first-order valence-corrected chi connectivity index (χ1v) is 9.29. The van der Waals surface area contributed by atoms with Crippen LogP contribution in [0.15, 0.2) is 47.5 Å². The Labute approximate surface area is 163 Å². The van der Waals surface area contributed by atoms with Crippen LogP contribution in [0.1, 0.15) is 71.1 Å². The number of ether oxygens (including phenoxy) is 1. The SMILES string of the molecule is CCCCC1OC(=O)c2cc(NC(=O)c3cccc(C=NC(C)=O)c3)ccc21. The van der Waals surface area contributed by atoms with Crippen LogP contribution in [0.5, 0.6) is 0 Å². The number of rotatable bonds is 6. The number of nitrogens with zero attached hydrogens (tertiary/aromatic N) is 1. The van der Waals surface area contributed by atoms with Crippen molar-refractivity contribution in [3.63, 3.8) is 0 Å². The zero-order valence-corrected chi connectivity index (χ0v) is 15.9. The van der Waals surface area contributed by atoms with Crippen molar-refractivity contribution >= 4 is 29.7 Å². The summed E-state index contributed by atoms with van der Waals surface area (Å²) in [5.74, 6) is -0.973. The van der Waals surface area contributed by atoms with Gasteiger partial charge in [0.05, 0.1) is 5.56 Å². The molecule has 6 nitrogen and oxygen atoms in total. The molecule has 1 heterocycles. The molecular formula is C22H22N2O4. The Morgan fingerprint density at radius 2 is 2.04 bits per heavy atom. The second-order valence-electron chi connectivity index (χ2n) is 6.70. The van der Waals surface area contributed by atoms with E-state index in [-0.39, 0.29) is 23.9 Å². The lowest BCUT2D eigenvalue weighted by molar-refractivity contribution is -0.115. The van der Waals surface area contributed by atoms with Gasteiger partial charge in [0, 0.05) is 30.0 Å². The molecule has 2 aromatic rings. The number of amides is 2. The normalized spacial score (nSPS) is 15.4. The maximum Gasteiger partial charge on any atom is 0.339 e. The van der Waals surface area contributed by atoms with Crippen molar-refractivity contribution in [2.24, 2.45) is 4.99 Å². The van der Waals surface area contributed by atoms with Gasteiger partial charge in [-0.15, -0.1) is 0 Å². The molecule has 0 saturated carbocycles. The van der Waals surface area contributed by atoms with E-state index >= 15 is 0 Å². The lowest BCUT2D eigenvalue weighted by Crippen LogP contribution is -2.12. The molecule has 0 saturated heterocycles. The molecule has 0 spiro atoms. The molecule has 1 unspecified atom stereocenters. The minimum absolute atomic E-state index is 0.204. The largest absolute Gasteiger partial charge is 0.454 e. The van der Waals surface area contributed by atoms with Crippen LogP contribution in [0.4, 0.5) is 5.69 Å². The van der Waals surface area contributed by atoms with Gasteiger partial charge in [-0.2, -0.15) is 0 Å². The summed E-state index contributed by atoms with van der Waals surface area (Å²) in [4.78, 5) is 39.4. The quantitative estimate of drug-likeness (QED) is 0.600. The Hall–Kier alpha value is -3.28. The van der Waals surface area contributed by atoms with Crippen LogP contribution in [0.2, 0.25) is 0 Å². The second kappa shape index (κ2) is 8.61. The van der Waals surface area contributed by atoms with Gasteiger partial charge in [-0.1, -0.05) is 31.5 Å². The topological polar surface area (TPSA) is 84.8 Å². The lowest BCUT2D eigenvalue weighted by atomic mass is 10.0. The number of esters is 1. The lowest BCUT2D eigenvalue weighted by Gasteiger charge is -2.10. The molecule has 0 aromatic heterocycles. The average Bonchev–Trinajstić information content (AvgIpc) is 3.00. The van der Waals surface area contributed by atoms with Gasteiger partial charge in [0.25, 0.3) is 5.91 Å². The minimum atomic E-state index is -0.352. The number of benzene rings is 2. The Morgan fingerprint density at radius 1 is 1.21 bits per heavy atom. The van der Waals surface area contributed by atoms with E-state index in [0.29, 0.717) is 22.4 Å². The van der Waals surface area contributed by atoms with Crippen LogP contribution in [0.25, 0.3) is 0 Å². The van der Waals surface area contributed by atoms with Gasteiger partial charge in [0.1, 0.15) is 6.10 Å². The molecule has 0 fully saturated rings. The van der Waals surface area contributed by atoms with Gasteiger partial charge in [-0.3, -0.25) is 9.59 Å². The number of anilines is 1. The number of carbonyl (C=O) groups excluding carboxylic acids is 3. The molecule has 0 aliphatic carbocycles. The molecule has 1 atom stereocenters. The maximum atomic E-state index is 12.6. The standard InChI is InChI=1S/C22H22N2O4/c1-3-4-8-20-18-10-9-17(12-19(18)22(27)28-20)24-21(26)16-7-5-6-15(11-16)13-23-14(2)25/h5-7,9-13,20H,3-4,8H2,1-2H3,(H,24,26). The van der Waals surface area contributed by atoms with Crippen LogP contribution >= 0.6 is 0 Å². The summed E-state index contributed by atoms with van der Waals surface area (Å²) in [6, 6.07) is 12.1. The van der Waals surface area contributed by atoms with Crippen LogP contribution in [-0.4, -0.2) is 24.0 Å². The number of fused-ring (bicyclic) bond motifs is 1. The Morgan fingerprint density at radius 3 is 2.79 bits per heavy atom. The van der Waals surface area contributed by atoms with Crippen molar-refractivity contribution in [3.8, 4) is 0 Å². The summed E-state index contributed by atoms with van der Waals surface area (Å²) in [6.07, 6.45) is 4.04. The average molecular weight is 378 g/mol. The highest BCUT2D eigenvalue weighted by molar-refractivity contribution is 6.06. The van der Waals surface area contributed by atoms with Crippen LogP contribution in [0, 0.1) is 0 Å². The number of carbonyl (C=O) groups is 3. The highest BCUT2D eigenvalue weighted by atomic mass is 16.5. The third-order valence-electron chi connectivity index (χ3n) is 4.49. The molecule has 144 valence electrons. The highest BCUT2D eigenvalue weighted by Gasteiger charge is 2.30. The van der Waals surface area contributed by atoms with Gasteiger partial charge in [-0.05, 0) is 42.7 Å². The molecule has 1 aliphatic heterocycles. The van der Waals surface area contributed by atoms with Crippen molar-refractivity contribution in [3.05, 3.63) is 64.7 Å². The first kappa shape index (κ1) is 19.5. The Kier molecular flexibility index (Phi) is 5.99.